The number of nitrogen functional groups attached to an aromatic ring is 1. The Bertz CT molecular complexity index is 609. The molecule has 0 unspecified atom stereocenters. The molecule has 2 aliphatic rings. The van der Waals surface area contributed by atoms with Gasteiger partial charge in [0.1, 0.15) is 0 Å². The second kappa shape index (κ2) is 4.63. The first-order chi connectivity index (χ1) is 9.79. The zero-order chi connectivity index (χ0) is 13.5. The topological polar surface area (TPSA) is 71.5 Å². The number of hydrogen-bond acceptors (Lipinski definition) is 5. The van der Waals surface area contributed by atoms with Gasteiger partial charge in [-0.3, -0.25) is 0 Å². The lowest BCUT2D eigenvalue weighted by Crippen LogP contribution is -2.49. The van der Waals surface area contributed by atoms with E-state index in [0.29, 0.717) is 5.95 Å². The van der Waals surface area contributed by atoms with E-state index in [1.54, 1.807) is 4.52 Å². The van der Waals surface area contributed by atoms with Gasteiger partial charge in [0.25, 0.3) is 0 Å². The van der Waals surface area contributed by atoms with Crippen LogP contribution in [0.15, 0.2) is 18.3 Å². The fraction of sp³-hybridized carbons (Fsp3) is 0.571. The quantitative estimate of drug-likeness (QED) is 0.844. The maximum absolute atomic E-state index is 5.63. The van der Waals surface area contributed by atoms with Crippen molar-refractivity contribution in [3.05, 3.63) is 18.3 Å². The molecule has 2 aromatic rings. The Morgan fingerprint density at radius 1 is 1.15 bits per heavy atom. The van der Waals surface area contributed by atoms with Crippen LogP contribution >= 0.6 is 0 Å². The largest absolute Gasteiger partial charge is 0.370 e. The predicted octanol–water partition coefficient (Wildman–Crippen LogP) is 0.747. The molecular weight excluding hydrogens is 252 g/mol. The highest BCUT2D eigenvalue weighted by molar-refractivity contribution is 5.52. The van der Waals surface area contributed by atoms with Crippen LogP contribution in [0.4, 0.5) is 11.6 Å². The molecule has 0 spiro atoms. The SMILES string of the molecule is Nc1nc2ccc(N3CCC(C4CNC4)CC3)cn2n1. The van der Waals surface area contributed by atoms with Crippen molar-refractivity contribution < 1.29 is 0 Å². The van der Waals surface area contributed by atoms with Crippen LogP contribution in [0.25, 0.3) is 5.65 Å². The highest BCUT2D eigenvalue weighted by Gasteiger charge is 2.30. The lowest BCUT2D eigenvalue weighted by Gasteiger charge is -2.41. The molecule has 2 aliphatic heterocycles. The molecule has 20 heavy (non-hydrogen) atoms. The number of fused-ring (bicyclic) bond motifs is 1. The molecule has 2 fully saturated rings. The van der Waals surface area contributed by atoms with Gasteiger partial charge in [0.05, 0.1) is 11.9 Å². The van der Waals surface area contributed by atoms with Gasteiger partial charge in [0, 0.05) is 13.1 Å². The third kappa shape index (κ3) is 2.00. The molecule has 2 saturated heterocycles. The Morgan fingerprint density at radius 2 is 1.95 bits per heavy atom. The van der Waals surface area contributed by atoms with E-state index >= 15 is 0 Å². The van der Waals surface area contributed by atoms with Crippen LogP contribution in [0, 0.1) is 11.8 Å². The van der Waals surface area contributed by atoms with Crippen LogP contribution in [-0.4, -0.2) is 40.8 Å². The molecule has 0 amide bonds. The molecule has 0 saturated carbocycles. The van der Waals surface area contributed by atoms with Gasteiger partial charge >= 0.3 is 0 Å². The standard InChI is InChI=1S/C14H20N6/c15-14-17-13-2-1-12(9-20(13)18-14)19-5-3-10(4-6-19)11-7-16-8-11/h1-2,9-11,16H,3-8H2,(H2,15,18). The van der Waals surface area contributed by atoms with Crippen molar-refractivity contribution in [3.63, 3.8) is 0 Å². The zero-order valence-corrected chi connectivity index (χ0v) is 11.5. The Morgan fingerprint density at radius 3 is 2.65 bits per heavy atom. The van der Waals surface area contributed by atoms with E-state index in [-0.39, 0.29) is 0 Å². The number of anilines is 2. The van der Waals surface area contributed by atoms with E-state index in [9.17, 15) is 0 Å². The van der Waals surface area contributed by atoms with Crippen LogP contribution in [0.2, 0.25) is 0 Å². The smallest absolute Gasteiger partial charge is 0.240 e. The number of nitrogens with two attached hydrogens (primary N) is 1. The van der Waals surface area contributed by atoms with E-state index in [1.165, 1.54) is 31.6 Å². The number of pyridine rings is 1. The Labute approximate surface area is 118 Å². The van der Waals surface area contributed by atoms with E-state index < -0.39 is 0 Å². The van der Waals surface area contributed by atoms with Gasteiger partial charge in [-0.25, -0.2) is 4.52 Å². The van der Waals surface area contributed by atoms with E-state index in [2.05, 4.69) is 26.4 Å². The van der Waals surface area contributed by atoms with E-state index in [4.69, 9.17) is 5.73 Å². The molecule has 0 atom stereocenters. The third-order valence-corrected chi connectivity index (χ3v) is 4.72. The van der Waals surface area contributed by atoms with Gasteiger partial charge in [-0.05, 0) is 49.9 Å². The van der Waals surface area contributed by atoms with Crippen molar-refractivity contribution in [1.82, 2.24) is 19.9 Å². The lowest BCUT2D eigenvalue weighted by molar-refractivity contribution is 0.200. The molecule has 0 aromatic carbocycles. The maximum Gasteiger partial charge on any atom is 0.240 e. The molecule has 6 heteroatoms. The Kier molecular flexibility index (Phi) is 2.77. The average Bonchev–Trinajstić information content (AvgIpc) is 2.76. The fourth-order valence-electron chi connectivity index (χ4n) is 3.35. The second-order valence-corrected chi connectivity index (χ2v) is 5.90. The number of rotatable bonds is 2. The highest BCUT2D eigenvalue weighted by atomic mass is 15.3. The summed E-state index contributed by atoms with van der Waals surface area (Å²) in [6.07, 6.45) is 4.62. The van der Waals surface area contributed by atoms with Crippen LogP contribution < -0.4 is 16.0 Å². The Balaban J connectivity index is 1.49. The summed E-state index contributed by atoms with van der Waals surface area (Å²) in [5.74, 6) is 2.14. The molecule has 6 nitrogen and oxygen atoms in total. The van der Waals surface area contributed by atoms with Crippen molar-refractivity contribution >= 4 is 17.3 Å². The summed E-state index contributed by atoms with van der Waals surface area (Å²) >= 11 is 0. The van der Waals surface area contributed by atoms with Gasteiger partial charge in [-0.15, -0.1) is 5.10 Å². The molecule has 3 N–H and O–H groups in total. The second-order valence-electron chi connectivity index (χ2n) is 5.90. The van der Waals surface area contributed by atoms with Crippen LogP contribution in [0.5, 0.6) is 0 Å². The van der Waals surface area contributed by atoms with E-state index in [0.717, 1.165) is 30.6 Å². The number of nitrogens with one attached hydrogen (secondary N) is 1. The summed E-state index contributed by atoms with van der Waals surface area (Å²) < 4.78 is 1.77. The molecule has 4 rings (SSSR count). The van der Waals surface area contributed by atoms with Gasteiger partial charge in [-0.2, -0.15) is 4.98 Å². The summed E-state index contributed by atoms with van der Waals surface area (Å²) in [5, 5.41) is 7.56. The van der Waals surface area contributed by atoms with Crippen LogP contribution in [-0.2, 0) is 0 Å². The van der Waals surface area contributed by atoms with Gasteiger partial charge in [-0.1, -0.05) is 0 Å². The normalized spacial score (nSPS) is 21.3. The van der Waals surface area contributed by atoms with Gasteiger partial charge < -0.3 is 16.0 Å². The average molecular weight is 272 g/mol. The first kappa shape index (κ1) is 12.0. The molecule has 2 aromatic heterocycles. The molecule has 0 aliphatic carbocycles. The minimum absolute atomic E-state index is 0.332. The van der Waals surface area contributed by atoms with Crippen LogP contribution in [0.3, 0.4) is 0 Å². The van der Waals surface area contributed by atoms with Crippen LogP contribution in [0.1, 0.15) is 12.8 Å². The fourth-order valence-corrected chi connectivity index (χ4v) is 3.35. The summed E-state index contributed by atoms with van der Waals surface area (Å²) in [5.41, 5.74) is 7.65. The number of aromatic nitrogens is 3. The monoisotopic (exact) mass is 272 g/mol. The molecular formula is C14H20N6. The molecule has 0 bridgehead atoms. The minimum Gasteiger partial charge on any atom is -0.370 e. The summed E-state index contributed by atoms with van der Waals surface area (Å²) in [6.45, 7) is 4.71. The Hall–Kier alpha value is -1.82. The zero-order valence-electron chi connectivity index (χ0n) is 11.5. The summed E-state index contributed by atoms with van der Waals surface area (Å²) in [6, 6.07) is 4.11. The van der Waals surface area contributed by atoms with Gasteiger partial charge in [0.15, 0.2) is 5.65 Å². The maximum atomic E-state index is 5.63. The van der Waals surface area contributed by atoms with Crippen molar-refractivity contribution in [3.8, 4) is 0 Å². The molecule has 0 radical (unpaired) electrons. The predicted molar refractivity (Wildman–Crippen MR) is 78.7 cm³/mol. The molecule has 106 valence electrons. The first-order valence-corrected chi connectivity index (χ1v) is 7.37. The first-order valence-electron chi connectivity index (χ1n) is 7.37. The van der Waals surface area contributed by atoms with Gasteiger partial charge in [0.2, 0.25) is 5.95 Å². The van der Waals surface area contributed by atoms with Crippen molar-refractivity contribution in [2.24, 2.45) is 11.8 Å². The number of nitrogens with zero attached hydrogens (tertiary/aromatic N) is 4. The van der Waals surface area contributed by atoms with Crippen molar-refractivity contribution in [1.29, 1.82) is 0 Å². The number of hydrogen-bond donors (Lipinski definition) is 2. The summed E-state index contributed by atoms with van der Waals surface area (Å²) in [4.78, 5) is 6.60. The highest BCUT2D eigenvalue weighted by Crippen LogP contribution is 2.29. The minimum atomic E-state index is 0.332. The summed E-state index contributed by atoms with van der Waals surface area (Å²) in [7, 11) is 0. The number of piperidine rings is 1. The third-order valence-electron chi connectivity index (χ3n) is 4.72. The lowest BCUT2D eigenvalue weighted by atomic mass is 9.81. The van der Waals surface area contributed by atoms with Crippen molar-refractivity contribution in [2.45, 2.75) is 12.8 Å². The van der Waals surface area contributed by atoms with E-state index in [1.807, 2.05) is 12.3 Å². The molecule has 4 heterocycles. The van der Waals surface area contributed by atoms with Crippen molar-refractivity contribution in [2.75, 3.05) is 36.8 Å².